The van der Waals surface area contributed by atoms with Gasteiger partial charge in [0, 0.05) is 0 Å². The molecule has 1 fully saturated rings. The molecule has 0 atom stereocenters. The van der Waals surface area contributed by atoms with E-state index in [9.17, 15) is 41.8 Å². The van der Waals surface area contributed by atoms with E-state index in [1.165, 1.54) is 0 Å². The normalized spacial score (nSPS) is 20.2. The molecule has 0 aromatic heterocycles. The summed E-state index contributed by atoms with van der Waals surface area (Å²) < 4.78 is 60.0. The van der Waals surface area contributed by atoms with E-state index in [1.807, 2.05) is 0 Å². The van der Waals surface area contributed by atoms with Gasteiger partial charge in [0.15, 0.2) is 13.1 Å². The molecular formula is C4H4F3N3O7S. The van der Waals surface area contributed by atoms with Crippen molar-refractivity contribution in [1.82, 2.24) is 5.06 Å². The number of alkyl halides is 3. The minimum absolute atomic E-state index is 0.0194. The van der Waals surface area contributed by atoms with Crippen LogP contribution in [0.3, 0.4) is 0 Å². The molecule has 1 rings (SSSR count). The van der Waals surface area contributed by atoms with Crippen molar-refractivity contribution in [3.63, 3.8) is 0 Å². The lowest BCUT2D eigenvalue weighted by molar-refractivity contribution is -0.816. The van der Waals surface area contributed by atoms with Gasteiger partial charge in [-0.1, -0.05) is 0 Å². The van der Waals surface area contributed by atoms with Crippen LogP contribution < -0.4 is 0 Å². The number of nitro groups is 2. The molecule has 10 nitrogen and oxygen atoms in total. The standard InChI is InChI=1S/C4H4F3N3O7S/c5-4(6,7)18(15,16)17-8-1-3(2-8,9(11)12)10(13)14/h1-2H2. The molecule has 14 heteroatoms. The first-order chi connectivity index (χ1) is 7.92. The highest BCUT2D eigenvalue weighted by atomic mass is 32.2. The molecule has 18 heavy (non-hydrogen) atoms. The second-order valence-corrected chi connectivity index (χ2v) is 4.79. The highest BCUT2D eigenvalue weighted by Crippen LogP contribution is 2.31. The van der Waals surface area contributed by atoms with Gasteiger partial charge in [0.1, 0.15) is 9.85 Å². The van der Waals surface area contributed by atoms with Crippen LogP contribution in [0, 0.1) is 20.2 Å². The fraction of sp³-hybridized carbons (Fsp3) is 1.00. The fourth-order valence-electron chi connectivity index (χ4n) is 1.05. The van der Waals surface area contributed by atoms with E-state index in [0.717, 1.165) is 0 Å². The van der Waals surface area contributed by atoms with Crippen molar-refractivity contribution in [3.8, 4) is 0 Å². The van der Waals surface area contributed by atoms with Gasteiger partial charge >= 0.3 is 21.3 Å². The second-order valence-electron chi connectivity index (χ2n) is 3.27. The fourth-order valence-corrected chi connectivity index (χ4v) is 1.52. The third kappa shape index (κ3) is 2.21. The largest absolute Gasteiger partial charge is 0.524 e. The van der Waals surface area contributed by atoms with Crippen LogP contribution in [0.5, 0.6) is 0 Å². The van der Waals surface area contributed by atoms with Crippen LogP contribution in [0.4, 0.5) is 13.2 Å². The summed E-state index contributed by atoms with van der Waals surface area (Å²) in [7, 11) is -5.98. The average Bonchev–Trinajstić information content (AvgIpc) is 2.06. The van der Waals surface area contributed by atoms with Crippen LogP contribution in [-0.2, 0) is 14.4 Å². The minimum Gasteiger partial charge on any atom is -0.258 e. The quantitative estimate of drug-likeness (QED) is 0.288. The number of rotatable bonds is 4. The average molecular weight is 295 g/mol. The van der Waals surface area contributed by atoms with E-state index in [1.54, 1.807) is 0 Å². The van der Waals surface area contributed by atoms with Gasteiger partial charge in [0.2, 0.25) is 0 Å². The monoisotopic (exact) mass is 295 g/mol. The summed E-state index contributed by atoms with van der Waals surface area (Å²) in [5, 5.41) is 20.7. The lowest BCUT2D eigenvalue weighted by Crippen LogP contribution is -2.70. The van der Waals surface area contributed by atoms with E-state index < -0.39 is 44.2 Å². The maximum absolute atomic E-state index is 11.9. The summed E-state index contributed by atoms with van der Waals surface area (Å²) in [5.74, 6) is 0. The zero-order valence-corrected chi connectivity index (χ0v) is 8.97. The smallest absolute Gasteiger partial charge is 0.258 e. The van der Waals surface area contributed by atoms with E-state index in [-0.39, 0.29) is 5.06 Å². The Balaban J connectivity index is 2.75. The van der Waals surface area contributed by atoms with Gasteiger partial charge < -0.3 is 0 Å². The van der Waals surface area contributed by atoms with Gasteiger partial charge in [-0.2, -0.15) is 25.9 Å². The first kappa shape index (κ1) is 14.5. The third-order valence-corrected chi connectivity index (χ3v) is 3.00. The first-order valence-electron chi connectivity index (χ1n) is 3.97. The van der Waals surface area contributed by atoms with Crippen molar-refractivity contribution in [2.24, 2.45) is 0 Å². The van der Waals surface area contributed by atoms with Crippen molar-refractivity contribution < 1.29 is 35.7 Å². The van der Waals surface area contributed by atoms with Gasteiger partial charge in [0.05, 0.1) is 0 Å². The van der Waals surface area contributed by atoms with Gasteiger partial charge in [-0.05, 0) is 0 Å². The Morgan fingerprint density at radius 2 is 1.56 bits per heavy atom. The van der Waals surface area contributed by atoms with Crippen molar-refractivity contribution in [3.05, 3.63) is 20.2 Å². The number of halogens is 3. The van der Waals surface area contributed by atoms with Crippen molar-refractivity contribution in [2.45, 2.75) is 11.2 Å². The molecule has 1 aliphatic heterocycles. The summed E-state index contributed by atoms with van der Waals surface area (Å²) in [5.41, 5.74) is -8.46. The number of nitrogens with zero attached hydrogens (tertiary/aromatic N) is 3. The number of hydrogen-bond acceptors (Lipinski definition) is 8. The Morgan fingerprint density at radius 1 is 1.17 bits per heavy atom. The Hall–Kier alpha value is -1.54. The minimum atomic E-state index is -5.98. The molecule has 0 saturated carbocycles. The van der Waals surface area contributed by atoms with Gasteiger partial charge in [-0.15, -0.1) is 5.06 Å². The SMILES string of the molecule is O=[N+]([O-])C1([N+](=O)[O-])CN(OS(=O)(=O)C(F)(F)F)C1. The van der Waals surface area contributed by atoms with Crippen LogP contribution in [0.2, 0.25) is 0 Å². The van der Waals surface area contributed by atoms with Gasteiger partial charge in [-0.3, -0.25) is 20.2 Å². The molecule has 0 bridgehead atoms. The first-order valence-corrected chi connectivity index (χ1v) is 5.38. The van der Waals surface area contributed by atoms with Gasteiger partial charge in [-0.25, -0.2) is 0 Å². The Kier molecular flexibility index (Phi) is 3.22. The third-order valence-electron chi connectivity index (χ3n) is 2.03. The van der Waals surface area contributed by atoms with Crippen molar-refractivity contribution >= 4 is 10.1 Å². The van der Waals surface area contributed by atoms with Crippen LogP contribution >= 0.6 is 0 Å². The van der Waals surface area contributed by atoms with Crippen LogP contribution in [-0.4, -0.2) is 47.6 Å². The Morgan fingerprint density at radius 3 is 1.83 bits per heavy atom. The summed E-state index contributed by atoms with van der Waals surface area (Å²) in [6.07, 6.45) is 0. The zero-order valence-electron chi connectivity index (χ0n) is 8.16. The summed E-state index contributed by atoms with van der Waals surface area (Å²) in [6, 6.07) is 0. The van der Waals surface area contributed by atoms with E-state index in [4.69, 9.17) is 0 Å². The molecule has 1 heterocycles. The molecule has 1 saturated heterocycles. The Bertz CT molecular complexity index is 465. The predicted octanol–water partition coefficient (Wildman–Crippen LogP) is -0.667. The molecule has 0 amide bonds. The summed E-state index contributed by atoms with van der Waals surface area (Å²) in [6.45, 7) is -2.41. The predicted molar refractivity (Wildman–Crippen MR) is 44.4 cm³/mol. The van der Waals surface area contributed by atoms with E-state index in [0.29, 0.717) is 0 Å². The van der Waals surface area contributed by atoms with Crippen molar-refractivity contribution in [1.29, 1.82) is 0 Å². The highest BCUT2D eigenvalue weighted by molar-refractivity contribution is 7.87. The molecule has 0 aromatic rings. The summed E-state index contributed by atoms with van der Waals surface area (Å²) in [4.78, 5) is 18.1. The van der Waals surface area contributed by atoms with E-state index in [2.05, 4.69) is 4.28 Å². The molecular weight excluding hydrogens is 291 g/mol. The van der Waals surface area contributed by atoms with Crippen LogP contribution in [0.1, 0.15) is 0 Å². The molecule has 0 aliphatic carbocycles. The lowest BCUT2D eigenvalue weighted by atomic mass is 10.1. The topological polar surface area (TPSA) is 133 Å². The van der Waals surface area contributed by atoms with Gasteiger partial charge in [0.25, 0.3) is 0 Å². The lowest BCUT2D eigenvalue weighted by Gasteiger charge is -2.33. The molecule has 0 radical (unpaired) electrons. The second kappa shape index (κ2) is 3.99. The zero-order chi connectivity index (χ0) is 14.4. The van der Waals surface area contributed by atoms with Crippen LogP contribution in [0.25, 0.3) is 0 Å². The van der Waals surface area contributed by atoms with Crippen molar-refractivity contribution in [2.75, 3.05) is 13.1 Å². The molecule has 1 aliphatic rings. The maximum atomic E-state index is 11.9. The molecule has 104 valence electrons. The number of hydroxylamine groups is 2. The molecule has 0 unspecified atom stereocenters. The highest BCUT2D eigenvalue weighted by Gasteiger charge is 2.69. The van der Waals surface area contributed by atoms with E-state index >= 15 is 0 Å². The molecule has 0 N–H and O–H groups in total. The Labute approximate surface area is 96.3 Å². The summed E-state index contributed by atoms with van der Waals surface area (Å²) >= 11 is 0. The number of hydrogen-bond donors (Lipinski definition) is 0. The molecule has 0 spiro atoms. The molecule has 0 aromatic carbocycles. The maximum Gasteiger partial charge on any atom is 0.524 e. The van der Waals surface area contributed by atoms with Crippen LogP contribution in [0.15, 0.2) is 0 Å².